The first-order valence-electron chi connectivity index (χ1n) is 7.61. The third kappa shape index (κ3) is 2.62. The van der Waals surface area contributed by atoms with Crippen LogP contribution in [0.25, 0.3) is 22.3 Å². The van der Waals surface area contributed by atoms with Crippen LogP contribution in [-0.2, 0) is 0 Å². The second-order valence-corrected chi connectivity index (χ2v) is 6.68. The van der Waals surface area contributed by atoms with E-state index in [1.807, 2.05) is 29.0 Å². The summed E-state index contributed by atoms with van der Waals surface area (Å²) in [7, 11) is 2.16. The van der Waals surface area contributed by atoms with Crippen LogP contribution < -0.4 is 4.90 Å². The highest BCUT2D eigenvalue weighted by atomic mass is 32.1. The Labute approximate surface area is 138 Å². The van der Waals surface area contributed by atoms with Crippen molar-refractivity contribution in [1.82, 2.24) is 24.5 Å². The van der Waals surface area contributed by atoms with Crippen molar-refractivity contribution in [2.75, 3.05) is 38.1 Å². The Morgan fingerprint density at radius 3 is 2.74 bits per heavy atom. The van der Waals surface area contributed by atoms with Crippen LogP contribution in [0.5, 0.6) is 0 Å². The molecule has 4 rings (SSSR count). The predicted octanol–water partition coefficient (Wildman–Crippen LogP) is 2.25. The Hall–Kier alpha value is -2.25. The van der Waals surface area contributed by atoms with Gasteiger partial charge in [-0.25, -0.2) is 14.5 Å². The maximum Gasteiger partial charge on any atom is 0.185 e. The van der Waals surface area contributed by atoms with Gasteiger partial charge in [-0.15, -0.1) is 0 Å². The molecule has 3 aromatic rings. The van der Waals surface area contributed by atoms with Crippen LogP contribution in [-0.4, -0.2) is 57.7 Å². The number of hydrogen-bond acceptors (Lipinski definition) is 6. The molecule has 1 saturated heterocycles. The fourth-order valence-electron chi connectivity index (χ4n) is 2.69. The normalized spacial score (nSPS) is 16.1. The van der Waals surface area contributed by atoms with Gasteiger partial charge in [0.1, 0.15) is 5.69 Å². The number of imidazole rings is 1. The first kappa shape index (κ1) is 14.3. The lowest BCUT2D eigenvalue weighted by molar-refractivity contribution is 0.313. The summed E-state index contributed by atoms with van der Waals surface area (Å²) in [6, 6.07) is 3.87. The van der Waals surface area contributed by atoms with Gasteiger partial charge < -0.3 is 9.80 Å². The SMILES string of the molecule is C=Cc1ccc2ncc(-c3cnc(N4CCN(C)CC4)s3)n2n1. The van der Waals surface area contributed by atoms with Gasteiger partial charge in [-0.2, -0.15) is 5.10 Å². The van der Waals surface area contributed by atoms with Crippen LogP contribution in [0.2, 0.25) is 0 Å². The summed E-state index contributed by atoms with van der Waals surface area (Å²) in [6.45, 7) is 7.98. The molecular weight excluding hydrogens is 308 g/mol. The largest absolute Gasteiger partial charge is 0.346 e. The molecule has 4 heterocycles. The van der Waals surface area contributed by atoms with E-state index in [2.05, 4.69) is 38.5 Å². The van der Waals surface area contributed by atoms with Crippen LogP contribution in [0, 0.1) is 0 Å². The lowest BCUT2D eigenvalue weighted by Gasteiger charge is -2.32. The molecular formula is C16H18N6S. The number of piperazine rings is 1. The molecule has 0 saturated carbocycles. The second-order valence-electron chi connectivity index (χ2n) is 5.67. The summed E-state index contributed by atoms with van der Waals surface area (Å²) < 4.78 is 1.86. The van der Waals surface area contributed by atoms with Gasteiger partial charge in [0.2, 0.25) is 0 Å². The predicted molar refractivity (Wildman–Crippen MR) is 93.9 cm³/mol. The molecule has 3 aromatic heterocycles. The highest BCUT2D eigenvalue weighted by Gasteiger charge is 2.18. The van der Waals surface area contributed by atoms with Gasteiger partial charge in [0.05, 0.1) is 16.8 Å². The number of hydrogen-bond donors (Lipinski definition) is 0. The van der Waals surface area contributed by atoms with E-state index >= 15 is 0 Å². The number of thiazole rings is 1. The summed E-state index contributed by atoms with van der Waals surface area (Å²) in [5.41, 5.74) is 2.64. The van der Waals surface area contributed by atoms with Crippen molar-refractivity contribution in [3.63, 3.8) is 0 Å². The van der Waals surface area contributed by atoms with E-state index in [1.54, 1.807) is 17.4 Å². The third-order valence-electron chi connectivity index (χ3n) is 4.11. The van der Waals surface area contributed by atoms with E-state index in [4.69, 9.17) is 0 Å². The zero-order valence-electron chi connectivity index (χ0n) is 13.0. The molecule has 0 aliphatic carbocycles. The van der Waals surface area contributed by atoms with Crippen LogP contribution >= 0.6 is 11.3 Å². The van der Waals surface area contributed by atoms with E-state index in [1.165, 1.54) is 0 Å². The Morgan fingerprint density at radius 1 is 1.13 bits per heavy atom. The van der Waals surface area contributed by atoms with Gasteiger partial charge in [0.15, 0.2) is 10.8 Å². The van der Waals surface area contributed by atoms with E-state index in [9.17, 15) is 0 Å². The van der Waals surface area contributed by atoms with Crippen LogP contribution in [0.4, 0.5) is 5.13 Å². The molecule has 7 heteroatoms. The highest BCUT2D eigenvalue weighted by Crippen LogP contribution is 2.31. The molecule has 6 nitrogen and oxygen atoms in total. The lowest BCUT2D eigenvalue weighted by Crippen LogP contribution is -2.44. The molecule has 0 aromatic carbocycles. The smallest absolute Gasteiger partial charge is 0.185 e. The van der Waals surface area contributed by atoms with Crippen molar-refractivity contribution in [1.29, 1.82) is 0 Å². The fourth-order valence-corrected chi connectivity index (χ4v) is 3.65. The summed E-state index contributed by atoms with van der Waals surface area (Å²) in [4.78, 5) is 14.8. The van der Waals surface area contributed by atoms with Crippen molar-refractivity contribution in [2.24, 2.45) is 0 Å². The Balaban J connectivity index is 1.67. The molecule has 23 heavy (non-hydrogen) atoms. The van der Waals surface area contributed by atoms with Crippen LogP contribution in [0.15, 0.2) is 31.1 Å². The number of likely N-dealkylation sites (N-methyl/N-ethyl adjacent to an activating group) is 1. The molecule has 0 unspecified atom stereocenters. The number of rotatable bonds is 3. The van der Waals surface area contributed by atoms with Crippen LogP contribution in [0.3, 0.4) is 0 Å². The maximum absolute atomic E-state index is 4.61. The molecule has 1 aliphatic rings. The van der Waals surface area contributed by atoms with Crippen molar-refractivity contribution >= 4 is 28.2 Å². The number of nitrogens with zero attached hydrogens (tertiary/aromatic N) is 6. The minimum Gasteiger partial charge on any atom is -0.346 e. The lowest BCUT2D eigenvalue weighted by atomic mass is 10.3. The van der Waals surface area contributed by atoms with Crippen molar-refractivity contribution in [3.8, 4) is 10.6 Å². The number of aromatic nitrogens is 4. The van der Waals surface area contributed by atoms with Gasteiger partial charge in [-0.05, 0) is 25.3 Å². The fraction of sp³-hybridized carbons (Fsp3) is 0.312. The molecule has 0 N–H and O–H groups in total. The van der Waals surface area contributed by atoms with Gasteiger partial charge in [-0.3, -0.25) is 0 Å². The third-order valence-corrected chi connectivity index (χ3v) is 5.19. The van der Waals surface area contributed by atoms with Gasteiger partial charge in [0, 0.05) is 32.4 Å². The molecule has 1 fully saturated rings. The molecule has 0 amide bonds. The molecule has 0 radical (unpaired) electrons. The van der Waals surface area contributed by atoms with Crippen LogP contribution in [0.1, 0.15) is 5.69 Å². The standard InChI is InChI=1S/C16H18N6S/c1-3-12-4-5-15-17-10-13(22(15)19-12)14-11-18-16(23-14)21-8-6-20(2)7-9-21/h3-5,10-11H,1,6-9H2,2H3. The zero-order chi connectivity index (χ0) is 15.8. The molecule has 1 aliphatic heterocycles. The summed E-state index contributed by atoms with van der Waals surface area (Å²) >= 11 is 1.70. The minimum atomic E-state index is 0.833. The van der Waals surface area contributed by atoms with E-state index in [0.717, 1.165) is 53.2 Å². The van der Waals surface area contributed by atoms with E-state index in [0.29, 0.717) is 0 Å². The maximum atomic E-state index is 4.61. The Morgan fingerprint density at radius 2 is 1.96 bits per heavy atom. The average Bonchev–Trinajstić information content (AvgIpc) is 3.21. The van der Waals surface area contributed by atoms with Crippen molar-refractivity contribution < 1.29 is 0 Å². The minimum absolute atomic E-state index is 0.833. The zero-order valence-corrected chi connectivity index (χ0v) is 13.8. The quantitative estimate of drug-likeness (QED) is 0.739. The van der Waals surface area contributed by atoms with E-state index in [-0.39, 0.29) is 0 Å². The number of fused-ring (bicyclic) bond motifs is 1. The summed E-state index contributed by atoms with van der Waals surface area (Å²) in [5, 5.41) is 5.63. The highest BCUT2D eigenvalue weighted by molar-refractivity contribution is 7.18. The van der Waals surface area contributed by atoms with Crippen molar-refractivity contribution in [2.45, 2.75) is 0 Å². The van der Waals surface area contributed by atoms with Gasteiger partial charge in [0.25, 0.3) is 0 Å². The summed E-state index contributed by atoms with van der Waals surface area (Å²) in [6.07, 6.45) is 5.52. The van der Waals surface area contributed by atoms with Gasteiger partial charge >= 0.3 is 0 Å². The van der Waals surface area contributed by atoms with Gasteiger partial charge in [-0.1, -0.05) is 17.9 Å². The molecule has 0 atom stereocenters. The number of anilines is 1. The second kappa shape index (κ2) is 5.75. The topological polar surface area (TPSA) is 49.6 Å². The first-order valence-corrected chi connectivity index (χ1v) is 8.43. The monoisotopic (exact) mass is 326 g/mol. The molecule has 0 bridgehead atoms. The van der Waals surface area contributed by atoms with E-state index < -0.39 is 0 Å². The summed E-state index contributed by atoms with van der Waals surface area (Å²) in [5.74, 6) is 0. The Bertz CT molecular complexity index is 843. The van der Waals surface area contributed by atoms with Crippen molar-refractivity contribution in [3.05, 3.63) is 36.8 Å². The Kier molecular flexibility index (Phi) is 3.59. The molecule has 118 valence electrons. The molecule has 0 spiro atoms. The average molecular weight is 326 g/mol. The first-order chi connectivity index (χ1) is 11.2.